The van der Waals surface area contributed by atoms with Crippen LogP contribution >= 0.6 is 0 Å². The van der Waals surface area contributed by atoms with Crippen molar-refractivity contribution in [2.45, 2.75) is 26.2 Å². The van der Waals surface area contributed by atoms with Crippen molar-refractivity contribution in [2.24, 2.45) is 0 Å². The molecule has 2 aromatic heterocycles. The summed E-state index contributed by atoms with van der Waals surface area (Å²) in [4.78, 5) is 20.5. The number of anilines is 1. The Balaban J connectivity index is 1.75. The van der Waals surface area contributed by atoms with Gasteiger partial charge in [-0.05, 0) is 35.9 Å². The predicted octanol–water partition coefficient (Wildman–Crippen LogP) is 4.17. The van der Waals surface area contributed by atoms with Crippen molar-refractivity contribution < 1.29 is 9.21 Å². The Hall–Kier alpha value is -2.95. The van der Waals surface area contributed by atoms with Crippen molar-refractivity contribution in [3.8, 4) is 0 Å². The van der Waals surface area contributed by atoms with E-state index in [-0.39, 0.29) is 11.3 Å². The van der Waals surface area contributed by atoms with Gasteiger partial charge in [0.2, 0.25) is 11.8 Å². The number of hydrogen-bond donors (Lipinski definition) is 1. The van der Waals surface area contributed by atoms with Crippen molar-refractivity contribution >= 4 is 28.8 Å². The summed E-state index contributed by atoms with van der Waals surface area (Å²) in [6.07, 6.45) is 6.58. The number of nitrogens with zero attached hydrogens (tertiary/aromatic N) is 2. The number of rotatable bonds is 3. The largest absolute Gasteiger partial charge is 0.440 e. The number of pyridine rings is 1. The quantitative estimate of drug-likeness (QED) is 0.735. The molecule has 0 spiro atoms. The molecule has 5 nitrogen and oxygen atoms in total. The predicted molar refractivity (Wildman–Crippen MR) is 94.6 cm³/mol. The standard InChI is InChI=1S/C19H19N3O2/c1-19(2,3)18-22-15-11-14(7-8-16(15)24-18)21-17(23)9-6-13-5-4-10-20-12-13/h4-12H,1-3H3,(H,21,23)/b9-6+. The lowest BCUT2D eigenvalue weighted by Gasteiger charge is -2.11. The van der Waals surface area contributed by atoms with Gasteiger partial charge in [0, 0.05) is 29.6 Å². The minimum atomic E-state index is -0.210. The second-order valence-corrected chi connectivity index (χ2v) is 6.56. The van der Waals surface area contributed by atoms with Gasteiger partial charge in [0.1, 0.15) is 5.52 Å². The molecule has 1 aromatic carbocycles. The van der Waals surface area contributed by atoms with Gasteiger partial charge >= 0.3 is 0 Å². The summed E-state index contributed by atoms with van der Waals surface area (Å²) in [5.41, 5.74) is 2.83. The molecule has 0 atom stereocenters. The topological polar surface area (TPSA) is 68.0 Å². The fourth-order valence-electron chi connectivity index (χ4n) is 2.16. The Bertz CT molecular complexity index is 890. The fourth-order valence-corrected chi connectivity index (χ4v) is 2.16. The molecule has 0 saturated heterocycles. The zero-order chi connectivity index (χ0) is 17.2. The van der Waals surface area contributed by atoms with Crippen LogP contribution in [0.5, 0.6) is 0 Å². The maximum atomic E-state index is 12.0. The van der Waals surface area contributed by atoms with E-state index in [9.17, 15) is 4.79 Å². The van der Waals surface area contributed by atoms with Gasteiger partial charge in [-0.25, -0.2) is 4.98 Å². The first-order chi connectivity index (χ1) is 11.4. The summed E-state index contributed by atoms with van der Waals surface area (Å²) in [5.74, 6) is 0.468. The van der Waals surface area contributed by atoms with E-state index in [0.29, 0.717) is 17.2 Å². The van der Waals surface area contributed by atoms with Crippen LogP contribution in [0.25, 0.3) is 17.2 Å². The van der Waals surface area contributed by atoms with Gasteiger partial charge in [-0.15, -0.1) is 0 Å². The molecule has 0 radical (unpaired) electrons. The van der Waals surface area contributed by atoms with E-state index in [0.717, 1.165) is 11.1 Å². The molecular weight excluding hydrogens is 302 g/mol. The molecule has 2 heterocycles. The van der Waals surface area contributed by atoms with E-state index in [1.165, 1.54) is 6.08 Å². The lowest BCUT2D eigenvalue weighted by molar-refractivity contribution is -0.111. The molecule has 0 aliphatic carbocycles. The molecule has 1 N–H and O–H groups in total. The van der Waals surface area contributed by atoms with Gasteiger partial charge in [-0.1, -0.05) is 26.8 Å². The van der Waals surface area contributed by atoms with Crippen LogP contribution in [0.2, 0.25) is 0 Å². The highest BCUT2D eigenvalue weighted by molar-refractivity contribution is 6.02. The maximum absolute atomic E-state index is 12.0. The van der Waals surface area contributed by atoms with Crippen molar-refractivity contribution in [3.05, 3.63) is 60.3 Å². The molecule has 1 amide bonds. The highest BCUT2D eigenvalue weighted by Crippen LogP contribution is 2.27. The summed E-state index contributed by atoms with van der Waals surface area (Å²) < 4.78 is 5.75. The number of aromatic nitrogens is 2. The van der Waals surface area contributed by atoms with E-state index >= 15 is 0 Å². The van der Waals surface area contributed by atoms with Crippen molar-refractivity contribution in [1.82, 2.24) is 9.97 Å². The smallest absolute Gasteiger partial charge is 0.248 e. The molecule has 3 aromatic rings. The monoisotopic (exact) mass is 321 g/mol. The number of nitrogens with one attached hydrogen (secondary N) is 1. The third-order valence-electron chi connectivity index (χ3n) is 3.41. The van der Waals surface area contributed by atoms with E-state index in [1.54, 1.807) is 24.5 Å². The second-order valence-electron chi connectivity index (χ2n) is 6.56. The van der Waals surface area contributed by atoms with Crippen LogP contribution in [0.4, 0.5) is 5.69 Å². The number of carbonyl (C=O) groups excluding carboxylic acids is 1. The van der Waals surface area contributed by atoms with Gasteiger partial charge in [0.15, 0.2) is 5.58 Å². The Morgan fingerprint density at radius 1 is 1.25 bits per heavy atom. The molecular formula is C19H19N3O2. The van der Waals surface area contributed by atoms with Crippen LogP contribution in [0.3, 0.4) is 0 Å². The number of oxazole rings is 1. The first kappa shape index (κ1) is 15.9. The molecule has 0 unspecified atom stereocenters. The summed E-state index contributed by atoms with van der Waals surface area (Å²) in [7, 11) is 0. The molecule has 0 fully saturated rings. The first-order valence-electron chi connectivity index (χ1n) is 7.72. The van der Waals surface area contributed by atoms with E-state index in [4.69, 9.17) is 4.42 Å². The SMILES string of the molecule is CC(C)(C)c1nc2cc(NC(=O)/C=C/c3cccnc3)ccc2o1. The Morgan fingerprint density at radius 3 is 2.79 bits per heavy atom. The van der Waals surface area contributed by atoms with Crippen molar-refractivity contribution in [2.75, 3.05) is 5.32 Å². The molecule has 0 bridgehead atoms. The third kappa shape index (κ3) is 3.68. The lowest BCUT2D eigenvalue weighted by atomic mass is 9.97. The molecule has 0 aliphatic heterocycles. The van der Waals surface area contributed by atoms with Crippen LogP contribution in [-0.2, 0) is 10.2 Å². The van der Waals surface area contributed by atoms with Crippen molar-refractivity contribution in [1.29, 1.82) is 0 Å². The highest BCUT2D eigenvalue weighted by Gasteiger charge is 2.20. The molecule has 122 valence electrons. The number of amides is 1. The Labute approximate surface area is 140 Å². The number of carbonyl (C=O) groups is 1. The lowest BCUT2D eigenvalue weighted by Crippen LogP contribution is -2.11. The van der Waals surface area contributed by atoms with Crippen LogP contribution in [0, 0.1) is 0 Å². The Morgan fingerprint density at radius 2 is 2.08 bits per heavy atom. The van der Waals surface area contributed by atoms with Crippen LogP contribution in [0.1, 0.15) is 32.2 Å². The van der Waals surface area contributed by atoms with Gasteiger partial charge in [0.25, 0.3) is 0 Å². The zero-order valence-electron chi connectivity index (χ0n) is 13.9. The summed E-state index contributed by atoms with van der Waals surface area (Å²) >= 11 is 0. The van der Waals surface area contributed by atoms with Gasteiger partial charge < -0.3 is 9.73 Å². The zero-order valence-corrected chi connectivity index (χ0v) is 13.9. The molecule has 0 aliphatic rings. The first-order valence-corrected chi connectivity index (χ1v) is 7.72. The highest BCUT2D eigenvalue weighted by atomic mass is 16.3. The Kier molecular flexibility index (Phi) is 4.16. The fraction of sp³-hybridized carbons (Fsp3) is 0.211. The number of hydrogen-bond acceptors (Lipinski definition) is 4. The minimum Gasteiger partial charge on any atom is -0.440 e. The van der Waals surface area contributed by atoms with Crippen molar-refractivity contribution in [3.63, 3.8) is 0 Å². The number of benzene rings is 1. The van der Waals surface area contributed by atoms with Gasteiger partial charge in [0.05, 0.1) is 0 Å². The summed E-state index contributed by atoms with van der Waals surface area (Å²) in [5, 5.41) is 2.82. The number of fused-ring (bicyclic) bond motifs is 1. The van der Waals surface area contributed by atoms with Crippen LogP contribution < -0.4 is 5.32 Å². The van der Waals surface area contributed by atoms with Gasteiger partial charge in [-0.3, -0.25) is 9.78 Å². The second kappa shape index (κ2) is 6.28. The van der Waals surface area contributed by atoms with E-state index < -0.39 is 0 Å². The minimum absolute atomic E-state index is 0.158. The molecule has 5 heteroatoms. The average Bonchev–Trinajstić information content (AvgIpc) is 2.97. The molecule has 0 saturated carbocycles. The summed E-state index contributed by atoms with van der Waals surface area (Å²) in [6.45, 7) is 6.14. The van der Waals surface area contributed by atoms with E-state index in [2.05, 4.69) is 15.3 Å². The summed E-state index contributed by atoms with van der Waals surface area (Å²) in [6, 6.07) is 9.13. The van der Waals surface area contributed by atoms with Gasteiger partial charge in [-0.2, -0.15) is 0 Å². The van der Waals surface area contributed by atoms with Crippen LogP contribution in [-0.4, -0.2) is 15.9 Å². The van der Waals surface area contributed by atoms with E-state index in [1.807, 2.05) is 45.0 Å². The normalized spacial score (nSPS) is 12.0. The average molecular weight is 321 g/mol. The molecule has 24 heavy (non-hydrogen) atoms. The maximum Gasteiger partial charge on any atom is 0.248 e. The third-order valence-corrected chi connectivity index (χ3v) is 3.41. The van der Waals surface area contributed by atoms with Crippen LogP contribution in [0.15, 0.2) is 53.2 Å². The molecule has 3 rings (SSSR count).